The predicted molar refractivity (Wildman–Crippen MR) is 75.5 cm³/mol. The molecule has 0 aromatic carbocycles. The van der Waals surface area contributed by atoms with E-state index in [0.29, 0.717) is 0 Å². The standard InChI is InChI=1S/C18H4O2/c1-2-3-4-5-6-7-8-9-10-11-12-13-14-15-16-17-18(19)20/h1H3,(H,19,20). The minimum Gasteiger partial charge on any atom is -0.472 e. The van der Waals surface area contributed by atoms with Gasteiger partial charge in [0.25, 0.3) is 0 Å². The van der Waals surface area contributed by atoms with Gasteiger partial charge in [0.15, 0.2) is 0 Å². The molecular weight excluding hydrogens is 248 g/mol. The molecule has 0 fully saturated rings. The van der Waals surface area contributed by atoms with Crippen LogP contribution in [0.15, 0.2) is 0 Å². The molecule has 0 aromatic heterocycles. The maximum absolute atomic E-state index is 9.99. The molecule has 0 unspecified atom stereocenters. The monoisotopic (exact) mass is 252 g/mol. The van der Waals surface area contributed by atoms with E-state index in [4.69, 9.17) is 5.11 Å². The summed E-state index contributed by atoms with van der Waals surface area (Å²) in [5, 5.41) is 8.18. The first kappa shape index (κ1) is 16.0. The Bertz CT molecular complexity index is 872. The van der Waals surface area contributed by atoms with E-state index in [1.165, 1.54) is 0 Å². The van der Waals surface area contributed by atoms with E-state index in [0.717, 1.165) is 0 Å². The fraction of sp³-hybridized carbons (Fsp3) is 0.0556. The van der Waals surface area contributed by atoms with Gasteiger partial charge in [-0.05, 0) is 89.8 Å². The SMILES string of the molecule is CC#CC#CC#CC#CC#CC#CC#CC#CC(=O)O. The molecule has 0 aromatic rings. The van der Waals surface area contributed by atoms with Gasteiger partial charge in [-0.1, -0.05) is 5.92 Å². The zero-order valence-corrected chi connectivity index (χ0v) is 10.4. The largest absolute Gasteiger partial charge is 0.472 e. The molecule has 0 radical (unpaired) electrons. The summed E-state index contributed by atoms with van der Waals surface area (Å²) >= 11 is 0. The highest BCUT2D eigenvalue weighted by Gasteiger charge is 1.78. The number of aliphatic carboxylic acids is 1. The third kappa shape index (κ3) is 13.9. The normalized spacial score (nSPS) is 4.45. The van der Waals surface area contributed by atoms with Crippen LogP contribution in [0.5, 0.6) is 0 Å². The van der Waals surface area contributed by atoms with Crippen molar-refractivity contribution >= 4 is 5.97 Å². The van der Waals surface area contributed by atoms with Crippen LogP contribution in [-0.2, 0) is 4.79 Å². The maximum Gasteiger partial charge on any atom is 0.382 e. The van der Waals surface area contributed by atoms with Crippen molar-refractivity contribution in [1.29, 1.82) is 0 Å². The molecule has 0 aliphatic carbocycles. The summed E-state index contributed by atoms with van der Waals surface area (Å²) in [5.41, 5.74) is 0. The lowest BCUT2D eigenvalue weighted by Crippen LogP contribution is -1.85. The lowest BCUT2D eigenvalue weighted by Gasteiger charge is -1.63. The molecule has 2 nitrogen and oxygen atoms in total. The molecule has 0 amide bonds. The Balaban J connectivity index is 4.34. The van der Waals surface area contributed by atoms with E-state index in [1.54, 1.807) is 6.92 Å². The molecule has 2 heteroatoms. The van der Waals surface area contributed by atoms with Crippen molar-refractivity contribution in [2.75, 3.05) is 0 Å². The van der Waals surface area contributed by atoms with Gasteiger partial charge in [-0.3, -0.25) is 0 Å². The number of carboxylic acids is 1. The van der Waals surface area contributed by atoms with Crippen LogP contribution >= 0.6 is 0 Å². The average molecular weight is 252 g/mol. The third-order valence-electron chi connectivity index (χ3n) is 1.11. The zero-order chi connectivity index (χ0) is 14.9. The van der Waals surface area contributed by atoms with Gasteiger partial charge in [-0.25, -0.2) is 4.79 Å². The molecule has 0 rings (SSSR count). The number of hydrogen-bond acceptors (Lipinski definition) is 1. The fourth-order valence-electron chi connectivity index (χ4n) is 0.522. The summed E-state index contributed by atoms with van der Waals surface area (Å²) in [6, 6.07) is 0. The van der Waals surface area contributed by atoms with Crippen molar-refractivity contribution in [3.05, 3.63) is 0 Å². The lowest BCUT2D eigenvalue weighted by molar-refractivity contribution is -0.130. The van der Waals surface area contributed by atoms with Gasteiger partial charge in [-0.15, -0.1) is 0 Å². The lowest BCUT2D eigenvalue weighted by atomic mass is 10.5. The first-order valence-corrected chi connectivity index (χ1v) is 4.93. The summed E-state index contributed by atoms with van der Waals surface area (Å²) in [4.78, 5) is 9.99. The average Bonchev–Trinajstić information content (AvgIpc) is 2.43. The highest BCUT2D eigenvalue weighted by molar-refractivity contribution is 5.87. The Morgan fingerprint density at radius 2 is 0.900 bits per heavy atom. The number of rotatable bonds is 0. The van der Waals surface area contributed by atoms with Crippen LogP contribution in [0.1, 0.15) is 6.92 Å². The minimum absolute atomic E-state index is 1.24. The first-order chi connectivity index (χ1) is 9.77. The van der Waals surface area contributed by atoms with Crippen molar-refractivity contribution in [2.45, 2.75) is 6.92 Å². The highest BCUT2D eigenvalue weighted by Crippen LogP contribution is 1.59. The molecule has 0 spiro atoms. The summed E-state index contributed by atoms with van der Waals surface area (Å²) in [6.45, 7) is 1.68. The molecule has 0 heterocycles. The Labute approximate surface area is 118 Å². The van der Waals surface area contributed by atoms with Gasteiger partial charge in [-0.2, -0.15) is 0 Å². The summed E-state index contributed by atoms with van der Waals surface area (Å²) in [5.74, 6) is 36.8. The van der Waals surface area contributed by atoms with Crippen LogP contribution in [-0.4, -0.2) is 11.1 Å². The Morgan fingerprint density at radius 1 is 0.600 bits per heavy atom. The maximum atomic E-state index is 9.99. The number of carboxylic acid groups (broad SMARTS) is 1. The van der Waals surface area contributed by atoms with Crippen molar-refractivity contribution in [3.8, 4) is 94.7 Å². The van der Waals surface area contributed by atoms with Crippen LogP contribution in [0.4, 0.5) is 0 Å². The first-order valence-electron chi connectivity index (χ1n) is 4.93. The van der Waals surface area contributed by atoms with E-state index in [9.17, 15) is 4.79 Å². The van der Waals surface area contributed by atoms with Crippen LogP contribution in [0.2, 0.25) is 0 Å². The van der Waals surface area contributed by atoms with Crippen molar-refractivity contribution in [2.24, 2.45) is 0 Å². The van der Waals surface area contributed by atoms with E-state index >= 15 is 0 Å². The van der Waals surface area contributed by atoms with Gasteiger partial charge in [0.1, 0.15) is 0 Å². The molecular formula is C18H4O2. The van der Waals surface area contributed by atoms with E-state index < -0.39 is 5.97 Å². The van der Waals surface area contributed by atoms with Crippen molar-refractivity contribution < 1.29 is 9.90 Å². The molecule has 0 bridgehead atoms. The Kier molecular flexibility index (Phi) is 10.4. The van der Waals surface area contributed by atoms with Gasteiger partial charge in [0.2, 0.25) is 0 Å². The van der Waals surface area contributed by atoms with E-state index in [1.807, 2.05) is 5.92 Å². The van der Waals surface area contributed by atoms with Gasteiger partial charge in [0, 0.05) is 5.92 Å². The number of carbonyl (C=O) groups is 1. The highest BCUT2D eigenvalue weighted by atomic mass is 16.4. The minimum atomic E-state index is -1.24. The molecule has 0 saturated carbocycles. The van der Waals surface area contributed by atoms with E-state index in [2.05, 4.69) is 88.8 Å². The molecule has 0 aliphatic rings. The topological polar surface area (TPSA) is 37.3 Å². The van der Waals surface area contributed by atoms with Crippen LogP contribution in [0.25, 0.3) is 0 Å². The second-order valence-corrected chi connectivity index (χ2v) is 2.43. The van der Waals surface area contributed by atoms with Gasteiger partial charge in [0.05, 0.1) is 0 Å². The summed E-state index contributed by atoms with van der Waals surface area (Å²) < 4.78 is 0. The molecule has 1 N–H and O–H groups in total. The second-order valence-electron chi connectivity index (χ2n) is 2.43. The van der Waals surface area contributed by atoms with Crippen molar-refractivity contribution in [3.63, 3.8) is 0 Å². The molecule has 0 atom stereocenters. The summed E-state index contributed by atoms with van der Waals surface area (Å²) in [7, 11) is 0. The fourth-order valence-corrected chi connectivity index (χ4v) is 0.522. The summed E-state index contributed by atoms with van der Waals surface area (Å²) in [6.07, 6.45) is 0. The van der Waals surface area contributed by atoms with Crippen LogP contribution < -0.4 is 0 Å². The van der Waals surface area contributed by atoms with Gasteiger partial charge < -0.3 is 5.11 Å². The van der Waals surface area contributed by atoms with Gasteiger partial charge >= 0.3 is 5.97 Å². The Hall–Kier alpha value is -4.05. The van der Waals surface area contributed by atoms with Crippen LogP contribution in [0, 0.1) is 94.7 Å². The molecule has 20 heavy (non-hydrogen) atoms. The Morgan fingerprint density at radius 3 is 1.20 bits per heavy atom. The number of hydrogen-bond donors (Lipinski definition) is 1. The van der Waals surface area contributed by atoms with Crippen LogP contribution in [0.3, 0.4) is 0 Å². The van der Waals surface area contributed by atoms with Crippen molar-refractivity contribution in [1.82, 2.24) is 0 Å². The smallest absolute Gasteiger partial charge is 0.382 e. The molecule has 0 aliphatic heterocycles. The molecule has 0 saturated heterocycles. The molecule has 88 valence electrons. The predicted octanol–water partition coefficient (Wildman–Crippen LogP) is 0.118. The third-order valence-corrected chi connectivity index (χ3v) is 1.11. The van der Waals surface area contributed by atoms with E-state index in [-0.39, 0.29) is 0 Å². The second kappa shape index (κ2) is 13.0. The quantitative estimate of drug-likeness (QED) is 0.622. The zero-order valence-electron chi connectivity index (χ0n) is 10.4.